The van der Waals surface area contributed by atoms with Crippen molar-refractivity contribution in [2.45, 2.75) is 0 Å². The summed E-state index contributed by atoms with van der Waals surface area (Å²) in [6, 6.07) is 0. The molecule has 0 saturated carbocycles. The van der Waals surface area contributed by atoms with Gasteiger partial charge in [0.25, 0.3) is 3.53 Å². The van der Waals surface area contributed by atoms with Gasteiger partial charge in [-0.3, -0.25) is 8.74 Å². The molecule has 19 heavy (non-hydrogen) atoms. The van der Waals surface area contributed by atoms with Crippen molar-refractivity contribution in [1.82, 2.24) is 0 Å². The van der Waals surface area contributed by atoms with Gasteiger partial charge in [-0.25, -0.2) is 0 Å². The van der Waals surface area contributed by atoms with Crippen molar-refractivity contribution in [3.63, 3.8) is 0 Å². The molecule has 0 aliphatic heterocycles. The first kappa shape index (κ1) is 25.4. The summed E-state index contributed by atoms with van der Waals surface area (Å²) in [6.45, 7) is 0. The maximum atomic E-state index is 9.33. The SMILES string of the molecule is COS(=O)(=O)O.CSC(=S)SC.CSC(SC)=[S+]C. The molecular weight excluding hydrogens is 385 g/mol. The number of rotatable bonds is 1. The van der Waals surface area contributed by atoms with Crippen LogP contribution >= 0.6 is 59.3 Å². The molecule has 116 valence electrons. The molecule has 0 atom stereocenters. The Balaban J connectivity index is -0.000000203. The van der Waals surface area contributed by atoms with Gasteiger partial charge in [-0.15, -0.1) is 23.5 Å². The van der Waals surface area contributed by atoms with Gasteiger partial charge in [0.05, 0.1) is 7.11 Å². The zero-order valence-electron chi connectivity index (χ0n) is 11.5. The molecule has 0 unspecified atom stereocenters. The van der Waals surface area contributed by atoms with Crippen molar-refractivity contribution in [3.05, 3.63) is 0 Å². The van der Waals surface area contributed by atoms with E-state index in [9.17, 15) is 8.42 Å². The van der Waals surface area contributed by atoms with E-state index in [4.69, 9.17) is 16.8 Å². The van der Waals surface area contributed by atoms with Crippen LogP contribution in [0.3, 0.4) is 0 Å². The van der Waals surface area contributed by atoms with E-state index in [1.165, 1.54) is 3.53 Å². The Morgan fingerprint density at radius 3 is 1.42 bits per heavy atom. The van der Waals surface area contributed by atoms with Crippen molar-refractivity contribution in [1.29, 1.82) is 0 Å². The Morgan fingerprint density at radius 1 is 1.11 bits per heavy atom. The topological polar surface area (TPSA) is 63.6 Å². The standard InChI is InChI=1S/C4H9S3.C3H6S3.CH4O4S/c1-5-4(6-2)7-3;1-5-3(4)6-2;1-5-6(2,3)4/h1-3H3;1-2H3;1H3,(H,2,3,4)/q+1;;. The average Bonchev–Trinajstić information content (AvgIpc) is 2.40. The highest BCUT2D eigenvalue weighted by Crippen LogP contribution is 2.09. The summed E-state index contributed by atoms with van der Waals surface area (Å²) < 4.78 is 32.1. The fourth-order valence-electron chi connectivity index (χ4n) is 0.333. The van der Waals surface area contributed by atoms with Gasteiger partial charge in [0.2, 0.25) is 0 Å². The molecule has 0 amide bonds. The van der Waals surface area contributed by atoms with E-state index in [2.05, 4.69) is 23.0 Å². The molecule has 0 fully saturated rings. The van der Waals surface area contributed by atoms with Gasteiger partial charge in [-0.05, 0) is 25.0 Å². The molecule has 0 radical (unpaired) electrons. The molecule has 0 heterocycles. The van der Waals surface area contributed by atoms with Crippen LogP contribution in [0.1, 0.15) is 0 Å². The van der Waals surface area contributed by atoms with Crippen LogP contribution in [-0.2, 0) is 25.9 Å². The molecule has 0 aliphatic carbocycles. The van der Waals surface area contributed by atoms with Crippen LogP contribution in [-0.4, -0.2) is 58.4 Å². The predicted octanol–water partition coefficient (Wildman–Crippen LogP) is 2.95. The minimum Gasteiger partial charge on any atom is -0.264 e. The van der Waals surface area contributed by atoms with Crippen LogP contribution in [0.2, 0.25) is 0 Å². The molecule has 11 heteroatoms. The van der Waals surface area contributed by atoms with Crippen molar-refractivity contribution in [3.8, 4) is 0 Å². The number of hydrogen-bond donors (Lipinski definition) is 1. The molecule has 1 N–H and O–H groups in total. The van der Waals surface area contributed by atoms with Crippen LogP contribution in [0.25, 0.3) is 0 Å². The van der Waals surface area contributed by atoms with Gasteiger partial charge in [-0.2, -0.15) is 8.42 Å². The van der Waals surface area contributed by atoms with Crippen molar-refractivity contribution >= 4 is 88.1 Å². The monoisotopic (exact) mass is 403 g/mol. The summed E-state index contributed by atoms with van der Waals surface area (Å²) in [7, 11) is -3.29. The van der Waals surface area contributed by atoms with Crippen molar-refractivity contribution < 1.29 is 17.2 Å². The second-order valence-electron chi connectivity index (χ2n) is 2.12. The number of hydrogen-bond acceptors (Lipinski definition) is 8. The first-order valence-corrected chi connectivity index (χ1v) is 12.3. The highest BCUT2D eigenvalue weighted by molar-refractivity contribution is 8.47. The normalized spacial score (nSPS) is 9.42. The Bertz CT molecular complexity index is 327. The van der Waals surface area contributed by atoms with Crippen LogP contribution in [0.5, 0.6) is 0 Å². The highest BCUT2D eigenvalue weighted by atomic mass is 32.3. The molecule has 0 aliphatic rings. The fraction of sp³-hybridized carbons (Fsp3) is 0.750. The van der Waals surface area contributed by atoms with Crippen molar-refractivity contribution in [2.75, 3.05) is 38.4 Å². The van der Waals surface area contributed by atoms with Gasteiger partial charge in [0.1, 0.15) is 3.53 Å². The van der Waals surface area contributed by atoms with Crippen LogP contribution < -0.4 is 0 Å². The molecule has 0 aromatic rings. The molecule has 0 bridgehead atoms. The molecule has 0 aromatic heterocycles. The Kier molecular flexibility index (Phi) is 23.4. The molecule has 0 saturated heterocycles. The Hall–Kier alpha value is 1.45. The maximum absolute atomic E-state index is 9.33. The van der Waals surface area contributed by atoms with Crippen LogP contribution in [0.4, 0.5) is 0 Å². The van der Waals surface area contributed by atoms with E-state index in [0.717, 1.165) is 10.6 Å². The third-order valence-electron chi connectivity index (χ3n) is 1.04. The van der Waals surface area contributed by atoms with Gasteiger partial charge in [-0.1, -0.05) is 35.7 Å². The first-order valence-electron chi connectivity index (χ1n) is 4.36. The zero-order chi connectivity index (χ0) is 15.9. The van der Waals surface area contributed by atoms with Gasteiger partial charge in [0, 0.05) is 0 Å². The Morgan fingerprint density at radius 2 is 1.42 bits per heavy atom. The molecule has 0 aromatic carbocycles. The molecular formula is C8H19O4S7+. The second kappa shape index (κ2) is 17.5. The van der Waals surface area contributed by atoms with Crippen LogP contribution in [0.15, 0.2) is 0 Å². The van der Waals surface area contributed by atoms with E-state index in [1.54, 1.807) is 23.5 Å². The van der Waals surface area contributed by atoms with E-state index in [0.29, 0.717) is 0 Å². The van der Waals surface area contributed by atoms with E-state index < -0.39 is 10.4 Å². The fourth-order valence-corrected chi connectivity index (χ4v) is 3.00. The lowest BCUT2D eigenvalue weighted by molar-refractivity contribution is 0.324. The summed E-state index contributed by atoms with van der Waals surface area (Å²) in [6.07, 6.45) is 10.3. The van der Waals surface area contributed by atoms with Crippen LogP contribution in [0, 0.1) is 0 Å². The zero-order valence-corrected chi connectivity index (χ0v) is 17.2. The van der Waals surface area contributed by atoms with E-state index >= 15 is 0 Å². The lowest BCUT2D eigenvalue weighted by Gasteiger charge is -1.85. The van der Waals surface area contributed by atoms with E-state index in [1.807, 2.05) is 47.4 Å². The van der Waals surface area contributed by atoms with Gasteiger partial charge in [0.15, 0.2) is 17.6 Å². The quantitative estimate of drug-likeness (QED) is 0.404. The molecule has 0 spiro atoms. The summed E-state index contributed by atoms with van der Waals surface area (Å²) in [4.78, 5) is 0. The van der Waals surface area contributed by atoms with Crippen molar-refractivity contribution in [2.24, 2.45) is 0 Å². The second-order valence-corrected chi connectivity index (χ2v) is 9.35. The summed E-state index contributed by atoms with van der Waals surface area (Å²) in [5.74, 6) is 0. The largest absolute Gasteiger partial charge is 0.397 e. The number of thiocarbonyl (C=S) groups is 1. The van der Waals surface area contributed by atoms with Gasteiger partial charge >= 0.3 is 10.4 Å². The third kappa shape index (κ3) is 28.4. The average molecular weight is 404 g/mol. The lowest BCUT2D eigenvalue weighted by Crippen LogP contribution is -1.96. The molecule has 0 rings (SSSR count). The maximum Gasteiger partial charge on any atom is 0.397 e. The summed E-state index contributed by atoms with van der Waals surface area (Å²) >= 11 is 13.5. The first-order chi connectivity index (χ1) is 8.71. The summed E-state index contributed by atoms with van der Waals surface area (Å²) in [5.41, 5.74) is 0. The van der Waals surface area contributed by atoms with E-state index in [-0.39, 0.29) is 0 Å². The highest BCUT2D eigenvalue weighted by Gasteiger charge is 1.99. The minimum absolute atomic E-state index is 0.870. The lowest BCUT2D eigenvalue weighted by atomic mass is 11.8. The molecule has 4 nitrogen and oxygen atoms in total. The smallest absolute Gasteiger partial charge is 0.264 e. The third-order valence-corrected chi connectivity index (χ3v) is 8.13. The van der Waals surface area contributed by atoms with Gasteiger partial charge < -0.3 is 0 Å². The summed E-state index contributed by atoms with van der Waals surface area (Å²) in [5, 5.41) is 0. The number of thioether (sulfide) groups is 4. The minimum atomic E-state index is -4.16. The Labute approximate surface area is 142 Å². The predicted molar refractivity (Wildman–Crippen MR) is 104 cm³/mol.